The minimum atomic E-state index is -1.92. The summed E-state index contributed by atoms with van der Waals surface area (Å²) in [5, 5.41) is 21.8. The van der Waals surface area contributed by atoms with E-state index in [-0.39, 0.29) is 6.61 Å². The molecule has 2 atom stereocenters. The first-order valence-corrected chi connectivity index (χ1v) is 14.7. The zero-order chi connectivity index (χ0) is 30.1. The number of carboxylic acids is 1. The van der Waals surface area contributed by atoms with E-state index in [9.17, 15) is 19.8 Å². The molecular formula is C34H42N2O6. The number of aryl methyl sites for hydroxylation is 3. The fourth-order valence-corrected chi connectivity index (χ4v) is 5.10. The summed E-state index contributed by atoms with van der Waals surface area (Å²) in [4.78, 5) is 29.3. The third kappa shape index (κ3) is 8.11. The Hall–Kier alpha value is -3.88. The van der Waals surface area contributed by atoms with Crippen LogP contribution in [0.5, 0.6) is 5.75 Å². The molecular weight excluding hydrogens is 532 g/mol. The maximum atomic E-state index is 13.0. The number of likely N-dealkylation sites (N-methyl/N-ethyl adjacent to an activating group) is 1. The van der Waals surface area contributed by atoms with Gasteiger partial charge in [-0.1, -0.05) is 42.8 Å². The molecule has 1 aromatic heterocycles. The molecule has 224 valence electrons. The van der Waals surface area contributed by atoms with Crippen molar-refractivity contribution in [2.45, 2.75) is 64.6 Å². The SMILES string of the molecule is Cc1ccc(CCCCCOC(C(=O)N(C)CCCCOc2ccc3c(c2)[nH]c2ccccc23)C(O)C(=O)O)cc1C. The standard InChI is InChI=1S/C34H42N2O6/c1-23-14-15-25(21-24(23)2)11-5-4-9-20-42-32(31(37)34(39)40)33(38)36(3)18-8-10-19-41-26-16-17-28-27-12-6-7-13-29(27)35-30(28)22-26/h6-7,12-17,21-22,31-32,35,37H,4-5,8-11,18-20H2,1-3H3,(H,39,40). The van der Waals surface area contributed by atoms with Crippen LogP contribution in [0.4, 0.5) is 0 Å². The summed E-state index contributed by atoms with van der Waals surface area (Å²) in [5.41, 5.74) is 5.94. The molecule has 0 spiro atoms. The summed E-state index contributed by atoms with van der Waals surface area (Å²) in [6.07, 6.45) is 1.47. The van der Waals surface area contributed by atoms with Gasteiger partial charge in [-0.2, -0.15) is 0 Å². The lowest BCUT2D eigenvalue weighted by atomic mass is 10.0. The number of ether oxygens (including phenoxy) is 2. The molecule has 8 nitrogen and oxygen atoms in total. The van der Waals surface area contributed by atoms with Gasteiger partial charge in [-0.3, -0.25) is 4.79 Å². The Balaban J connectivity index is 1.17. The minimum absolute atomic E-state index is 0.204. The summed E-state index contributed by atoms with van der Waals surface area (Å²) < 4.78 is 11.6. The number of benzene rings is 3. The van der Waals surface area contributed by atoms with Crippen LogP contribution in [0.1, 0.15) is 48.8 Å². The molecule has 3 N–H and O–H groups in total. The Labute approximate surface area is 247 Å². The zero-order valence-electron chi connectivity index (χ0n) is 24.8. The van der Waals surface area contributed by atoms with Gasteiger partial charge in [0.15, 0.2) is 12.2 Å². The molecule has 0 aliphatic heterocycles. The van der Waals surface area contributed by atoms with Crippen LogP contribution in [0.2, 0.25) is 0 Å². The Morgan fingerprint density at radius 3 is 2.40 bits per heavy atom. The number of H-pyrrole nitrogens is 1. The second kappa shape index (κ2) is 14.8. The van der Waals surface area contributed by atoms with E-state index in [2.05, 4.69) is 49.2 Å². The fourth-order valence-electron chi connectivity index (χ4n) is 5.10. The summed E-state index contributed by atoms with van der Waals surface area (Å²) >= 11 is 0. The van der Waals surface area contributed by atoms with Crippen LogP contribution in [0, 0.1) is 13.8 Å². The van der Waals surface area contributed by atoms with Gasteiger partial charge in [0.2, 0.25) is 0 Å². The quantitative estimate of drug-likeness (QED) is 0.146. The van der Waals surface area contributed by atoms with Crippen molar-refractivity contribution in [1.29, 1.82) is 0 Å². The minimum Gasteiger partial charge on any atom is -0.494 e. The lowest BCUT2D eigenvalue weighted by Gasteiger charge is -2.25. The van der Waals surface area contributed by atoms with Crippen molar-refractivity contribution in [2.75, 3.05) is 26.8 Å². The van der Waals surface area contributed by atoms with Gasteiger partial charge in [0.25, 0.3) is 5.91 Å². The molecule has 0 saturated heterocycles. The summed E-state index contributed by atoms with van der Waals surface area (Å²) in [5.74, 6) is -1.24. The highest BCUT2D eigenvalue weighted by atomic mass is 16.5. The first kappa shape index (κ1) is 31.1. The van der Waals surface area contributed by atoms with E-state index in [1.54, 1.807) is 7.05 Å². The number of nitrogens with zero attached hydrogens (tertiary/aromatic N) is 1. The van der Waals surface area contributed by atoms with Gasteiger partial charge in [0.05, 0.1) is 12.1 Å². The number of aromatic nitrogens is 1. The summed E-state index contributed by atoms with van der Waals surface area (Å²) in [6.45, 7) is 5.28. The number of carboxylic acid groups (broad SMARTS) is 1. The highest BCUT2D eigenvalue weighted by molar-refractivity contribution is 6.07. The first-order chi connectivity index (χ1) is 20.2. The highest BCUT2D eigenvalue weighted by Gasteiger charge is 2.34. The van der Waals surface area contributed by atoms with Crippen LogP contribution in [0.25, 0.3) is 21.8 Å². The van der Waals surface area contributed by atoms with Gasteiger partial charge in [0, 0.05) is 42.6 Å². The predicted molar refractivity (Wildman–Crippen MR) is 165 cm³/mol. The third-order valence-electron chi connectivity index (χ3n) is 7.77. The van der Waals surface area contributed by atoms with Gasteiger partial charge in [-0.25, -0.2) is 4.79 Å². The van der Waals surface area contributed by atoms with Crippen LogP contribution in [-0.4, -0.2) is 71.0 Å². The number of carbonyl (C=O) groups excluding carboxylic acids is 1. The molecule has 42 heavy (non-hydrogen) atoms. The largest absolute Gasteiger partial charge is 0.494 e. The molecule has 0 radical (unpaired) electrons. The average Bonchev–Trinajstić information content (AvgIpc) is 3.35. The number of aromatic amines is 1. The molecule has 0 aliphatic rings. The normalized spacial score (nSPS) is 12.9. The predicted octanol–water partition coefficient (Wildman–Crippen LogP) is 5.80. The molecule has 4 rings (SSSR count). The third-order valence-corrected chi connectivity index (χ3v) is 7.77. The number of para-hydroxylation sites is 1. The average molecular weight is 575 g/mol. The van der Waals surface area contributed by atoms with Crippen molar-refractivity contribution >= 4 is 33.7 Å². The number of amides is 1. The van der Waals surface area contributed by atoms with E-state index in [1.807, 2.05) is 30.3 Å². The summed E-state index contributed by atoms with van der Waals surface area (Å²) in [6, 6.07) is 20.6. The van der Waals surface area contributed by atoms with Crippen LogP contribution in [0.15, 0.2) is 60.7 Å². The van der Waals surface area contributed by atoms with E-state index in [4.69, 9.17) is 9.47 Å². The van der Waals surface area contributed by atoms with Crippen molar-refractivity contribution in [3.8, 4) is 5.75 Å². The number of aliphatic hydroxyl groups excluding tert-OH is 1. The number of nitrogens with one attached hydrogen (secondary N) is 1. The number of hydrogen-bond donors (Lipinski definition) is 3. The summed E-state index contributed by atoms with van der Waals surface area (Å²) in [7, 11) is 1.60. The number of hydrogen-bond acceptors (Lipinski definition) is 5. The number of aliphatic carboxylic acids is 1. The first-order valence-electron chi connectivity index (χ1n) is 14.7. The van der Waals surface area contributed by atoms with Crippen LogP contribution in [-0.2, 0) is 20.7 Å². The van der Waals surface area contributed by atoms with Crippen molar-refractivity contribution in [1.82, 2.24) is 9.88 Å². The fraction of sp³-hybridized carbons (Fsp3) is 0.412. The maximum Gasteiger partial charge on any atom is 0.335 e. The number of aliphatic hydroxyl groups is 1. The van der Waals surface area contributed by atoms with E-state index >= 15 is 0 Å². The van der Waals surface area contributed by atoms with Crippen molar-refractivity contribution < 1.29 is 29.3 Å². The molecule has 3 aromatic carbocycles. The van der Waals surface area contributed by atoms with Gasteiger partial charge >= 0.3 is 5.97 Å². The molecule has 1 amide bonds. The molecule has 0 fully saturated rings. The Kier molecular flexibility index (Phi) is 11.0. The van der Waals surface area contributed by atoms with Crippen LogP contribution in [0.3, 0.4) is 0 Å². The number of rotatable bonds is 16. The van der Waals surface area contributed by atoms with Crippen molar-refractivity contribution in [2.24, 2.45) is 0 Å². The van der Waals surface area contributed by atoms with Crippen molar-refractivity contribution in [3.05, 3.63) is 77.4 Å². The Bertz CT molecular complexity index is 1500. The molecule has 0 bridgehead atoms. The number of fused-ring (bicyclic) bond motifs is 3. The van der Waals surface area contributed by atoms with E-state index in [0.717, 1.165) is 41.4 Å². The van der Waals surface area contributed by atoms with E-state index < -0.39 is 24.1 Å². The van der Waals surface area contributed by atoms with E-state index in [1.165, 1.54) is 27.0 Å². The monoisotopic (exact) mass is 574 g/mol. The number of unbranched alkanes of at least 4 members (excludes halogenated alkanes) is 3. The van der Waals surface area contributed by atoms with E-state index in [0.29, 0.717) is 32.4 Å². The smallest absolute Gasteiger partial charge is 0.335 e. The van der Waals surface area contributed by atoms with Gasteiger partial charge < -0.3 is 29.6 Å². The van der Waals surface area contributed by atoms with Gasteiger partial charge in [-0.15, -0.1) is 0 Å². The van der Waals surface area contributed by atoms with Gasteiger partial charge in [-0.05, 0) is 80.8 Å². The number of carbonyl (C=O) groups is 2. The second-order valence-electron chi connectivity index (χ2n) is 11.0. The zero-order valence-corrected chi connectivity index (χ0v) is 24.8. The molecule has 1 heterocycles. The Morgan fingerprint density at radius 1 is 0.857 bits per heavy atom. The van der Waals surface area contributed by atoms with Crippen LogP contribution < -0.4 is 4.74 Å². The molecule has 4 aromatic rings. The second-order valence-corrected chi connectivity index (χ2v) is 11.0. The Morgan fingerprint density at radius 2 is 1.62 bits per heavy atom. The van der Waals surface area contributed by atoms with Crippen molar-refractivity contribution in [3.63, 3.8) is 0 Å². The van der Waals surface area contributed by atoms with Crippen LogP contribution >= 0.6 is 0 Å². The van der Waals surface area contributed by atoms with Gasteiger partial charge in [0.1, 0.15) is 5.75 Å². The molecule has 8 heteroatoms. The lowest BCUT2D eigenvalue weighted by Crippen LogP contribution is -2.48. The highest BCUT2D eigenvalue weighted by Crippen LogP contribution is 2.28. The molecule has 2 unspecified atom stereocenters. The molecule has 0 saturated carbocycles. The molecule has 0 aliphatic carbocycles. The maximum absolute atomic E-state index is 13.0. The topological polar surface area (TPSA) is 112 Å². The lowest BCUT2D eigenvalue weighted by molar-refractivity contribution is -0.166.